The van der Waals surface area contributed by atoms with Gasteiger partial charge in [-0.15, -0.1) is 0 Å². The van der Waals surface area contributed by atoms with Gasteiger partial charge in [0, 0.05) is 38.4 Å². The van der Waals surface area contributed by atoms with E-state index < -0.39 is 17.7 Å². The van der Waals surface area contributed by atoms with Crippen LogP contribution in [0.5, 0.6) is 5.75 Å². The van der Waals surface area contributed by atoms with Gasteiger partial charge in [0.05, 0.1) is 23.8 Å². The van der Waals surface area contributed by atoms with Crippen LogP contribution in [0.1, 0.15) is 42.9 Å². The van der Waals surface area contributed by atoms with Crippen LogP contribution >= 0.6 is 0 Å². The largest absolute Gasteiger partial charge is 0.507 e. The molecule has 0 radical (unpaired) electrons. The lowest BCUT2D eigenvalue weighted by Gasteiger charge is -2.31. The topological polar surface area (TPSA) is 73.3 Å². The Bertz CT molecular complexity index is 1150. The van der Waals surface area contributed by atoms with Crippen molar-refractivity contribution in [2.75, 3.05) is 44.1 Å². The van der Waals surface area contributed by atoms with Crippen LogP contribution in [0.2, 0.25) is 0 Å². The smallest absolute Gasteiger partial charge is 0.295 e. The summed E-state index contributed by atoms with van der Waals surface area (Å²) in [6, 6.07) is 12.7. The highest BCUT2D eigenvalue weighted by molar-refractivity contribution is 6.46. The molecule has 0 aromatic heterocycles. The van der Waals surface area contributed by atoms with Gasteiger partial charge in [0.2, 0.25) is 0 Å². The molecule has 34 heavy (non-hydrogen) atoms. The van der Waals surface area contributed by atoms with Gasteiger partial charge in [-0.3, -0.25) is 9.59 Å². The molecule has 1 atom stereocenters. The molecule has 7 heteroatoms. The quantitative estimate of drug-likeness (QED) is 0.422. The number of ketones is 1. The van der Waals surface area contributed by atoms with Crippen molar-refractivity contribution in [3.05, 3.63) is 59.2 Å². The number of Topliss-reactive ketones (excluding diaryl/α,β-unsaturated/α-hetero) is 1. The maximum atomic E-state index is 13.3. The number of benzene rings is 2. The van der Waals surface area contributed by atoms with Crippen LogP contribution in [0, 0.1) is 0 Å². The molecule has 0 spiro atoms. The second kappa shape index (κ2) is 8.70. The molecule has 1 amide bonds. The first-order valence-electron chi connectivity index (χ1n) is 11.9. The van der Waals surface area contributed by atoms with E-state index in [1.807, 2.05) is 62.4 Å². The Balaban J connectivity index is 1.64. The van der Waals surface area contributed by atoms with Crippen molar-refractivity contribution in [3.63, 3.8) is 0 Å². The van der Waals surface area contributed by atoms with E-state index in [1.54, 1.807) is 11.0 Å². The monoisotopic (exact) mass is 461 g/mol. The first-order chi connectivity index (χ1) is 16.4. The number of carbonyl (C=O) groups excluding carboxylic acids is 2. The number of anilines is 2. The fraction of sp³-hybridized carbons (Fsp3) is 0.407. The summed E-state index contributed by atoms with van der Waals surface area (Å²) in [4.78, 5) is 32.4. The SMILES string of the molecule is CN(C)c1ccc(C2/C(=C(/O)c3ccc4c(c3)N(C)CCO4)C(=O)C(=O)N2C2CCCC2)cc1. The molecular formula is C27H31N3O4. The van der Waals surface area contributed by atoms with Gasteiger partial charge < -0.3 is 24.5 Å². The van der Waals surface area contributed by atoms with Crippen LogP contribution < -0.4 is 14.5 Å². The van der Waals surface area contributed by atoms with Crippen molar-refractivity contribution >= 4 is 28.8 Å². The number of amides is 1. The van der Waals surface area contributed by atoms with Crippen molar-refractivity contribution in [1.82, 2.24) is 4.90 Å². The van der Waals surface area contributed by atoms with E-state index in [9.17, 15) is 14.7 Å². The number of aliphatic hydroxyl groups excluding tert-OH is 1. The zero-order valence-corrected chi connectivity index (χ0v) is 20.0. The van der Waals surface area contributed by atoms with Gasteiger partial charge in [0.25, 0.3) is 11.7 Å². The standard InChI is InChI=1S/C27H31N3O4/c1-28(2)19-11-8-17(9-12-19)24-23(26(32)27(33)30(24)20-6-4-5-7-20)25(31)18-10-13-22-21(16-18)29(3)14-15-34-22/h8-13,16,20,24,31H,4-7,14-15H2,1-3H3/b25-23-. The molecule has 1 aliphatic carbocycles. The molecule has 2 fully saturated rings. The summed E-state index contributed by atoms with van der Waals surface area (Å²) in [6.45, 7) is 1.34. The van der Waals surface area contributed by atoms with Crippen LogP contribution in [0.25, 0.3) is 5.76 Å². The van der Waals surface area contributed by atoms with Gasteiger partial charge in [-0.05, 0) is 48.7 Å². The number of likely N-dealkylation sites (N-methyl/N-ethyl adjacent to an activating group) is 1. The Hall–Kier alpha value is -3.48. The van der Waals surface area contributed by atoms with Gasteiger partial charge in [-0.25, -0.2) is 0 Å². The molecule has 5 rings (SSSR count). The maximum Gasteiger partial charge on any atom is 0.295 e. The maximum absolute atomic E-state index is 13.3. The molecule has 1 saturated carbocycles. The summed E-state index contributed by atoms with van der Waals surface area (Å²) in [5.41, 5.74) is 3.38. The van der Waals surface area contributed by atoms with E-state index in [2.05, 4.69) is 4.90 Å². The molecule has 7 nitrogen and oxygen atoms in total. The van der Waals surface area contributed by atoms with Crippen LogP contribution in [0.3, 0.4) is 0 Å². The second-order valence-electron chi connectivity index (χ2n) is 9.58. The zero-order chi connectivity index (χ0) is 24.0. The lowest BCUT2D eigenvalue weighted by atomic mass is 9.94. The summed E-state index contributed by atoms with van der Waals surface area (Å²) >= 11 is 0. The van der Waals surface area contributed by atoms with Gasteiger partial charge in [-0.1, -0.05) is 25.0 Å². The predicted molar refractivity (Wildman–Crippen MR) is 132 cm³/mol. The van der Waals surface area contributed by atoms with E-state index in [0.29, 0.717) is 12.2 Å². The van der Waals surface area contributed by atoms with Gasteiger partial charge in [0.15, 0.2) is 0 Å². The molecule has 2 heterocycles. The Morgan fingerprint density at radius 2 is 1.76 bits per heavy atom. The minimum absolute atomic E-state index is 0.00309. The van der Waals surface area contributed by atoms with Crippen LogP contribution in [0.15, 0.2) is 48.0 Å². The number of fused-ring (bicyclic) bond motifs is 1. The summed E-state index contributed by atoms with van der Waals surface area (Å²) < 4.78 is 5.73. The van der Waals surface area contributed by atoms with E-state index in [-0.39, 0.29) is 17.4 Å². The average molecular weight is 462 g/mol. The van der Waals surface area contributed by atoms with Crippen molar-refractivity contribution in [3.8, 4) is 5.75 Å². The Kier molecular flexibility index (Phi) is 5.71. The van der Waals surface area contributed by atoms with E-state index in [0.717, 1.165) is 54.9 Å². The second-order valence-corrected chi connectivity index (χ2v) is 9.58. The fourth-order valence-corrected chi connectivity index (χ4v) is 5.34. The molecule has 3 aliphatic rings. The third-order valence-electron chi connectivity index (χ3n) is 7.25. The number of hydrogen-bond acceptors (Lipinski definition) is 6. The van der Waals surface area contributed by atoms with Crippen LogP contribution in [-0.4, -0.2) is 62.0 Å². The number of ether oxygens (including phenoxy) is 1. The molecule has 1 N–H and O–H groups in total. The normalized spacial score (nSPS) is 22.1. The molecule has 1 unspecified atom stereocenters. The number of likely N-dealkylation sites (tertiary alicyclic amines) is 1. The summed E-state index contributed by atoms with van der Waals surface area (Å²) in [6.07, 6.45) is 3.83. The Morgan fingerprint density at radius 3 is 2.44 bits per heavy atom. The average Bonchev–Trinajstić information content (AvgIpc) is 3.45. The number of aliphatic hydroxyl groups is 1. The summed E-state index contributed by atoms with van der Waals surface area (Å²) in [7, 11) is 5.91. The first-order valence-corrected chi connectivity index (χ1v) is 11.9. The lowest BCUT2D eigenvalue weighted by Crippen LogP contribution is -2.37. The van der Waals surface area contributed by atoms with Gasteiger partial charge in [-0.2, -0.15) is 0 Å². The van der Waals surface area contributed by atoms with Gasteiger partial charge >= 0.3 is 0 Å². The van der Waals surface area contributed by atoms with Crippen LogP contribution in [0.4, 0.5) is 11.4 Å². The van der Waals surface area contributed by atoms with Crippen molar-refractivity contribution in [1.29, 1.82) is 0 Å². The lowest BCUT2D eigenvalue weighted by molar-refractivity contribution is -0.141. The van der Waals surface area contributed by atoms with Gasteiger partial charge in [0.1, 0.15) is 18.1 Å². The highest BCUT2D eigenvalue weighted by atomic mass is 16.5. The number of hydrogen-bond donors (Lipinski definition) is 1. The molecule has 2 aliphatic heterocycles. The molecule has 178 valence electrons. The number of rotatable bonds is 4. The van der Waals surface area contributed by atoms with Crippen molar-refractivity contribution in [2.24, 2.45) is 0 Å². The highest BCUT2D eigenvalue weighted by Crippen LogP contribution is 2.44. The summed E-state index contributed by atoms with van der Waals surface area (Å²) in [5.74, 6) is -0.531. The summed E-state index contributed by atoms with van der Waals surface area (Å²) in [5, 5.41) is 11.4. The predicted octanol–water partition coefficient (Wildman–Crippen LogP) is 3.95. The molecule has 0 bridgehead atoms. The molecule has 2 aromatic carbocycles. The third kappa shape index (κ3) is 3.69. The third-order valence-corrected chi connectivity index (χ3v) is 7.25. The van der Waals surface area contributed by atoms with Crippen LogP contribution in [-0.2, 0) is 9.59 Å². The van der Waals surface area contributed by atoms with E-state index in [1.165, 1.54) is 0 Å². The molecule has 2 aromatic rings. The highest BCUT2D eigenvalue weighted by Gasteiger charge is 2.49. The molecular weight excluding hydrogens is 430 g/mol. The van der Waals surface area contributed by atoms with Crippen molar-refractivity contribution in [2.45, 2.75) is 37.8 Å². The first kappa shape index (κ1) is 22.3. The minimum atomic E-state index is -0.617. The van der Waals surface area contributed by atoms with E-state index in [4.69, 9.17) is 4.74 Å². The minimum Gasteiger partial charge on any atom is -0.507 e. The Morgan fingerprint density at radius 1 is 1.06 bits per heavy atom. The molecule has 1 saturated heterocycles. The number of nitrogens with zero attached hydrogens (tertiary/aromatic N) is 3. The van der Waals surface area contributed by atoms with E-state index >= 15 is 0 Å². The fourth-order valence-electron chi connectivity index (χ4n) is 5.34. The van der Waals surface area contributed by atoms with Crippen molar-refractivity contribution < 1.29 is 19.4 Å². The zero-order valence-electron chi connectivity index (χ0n) is 20.0. The Labute approximate surface area is 200 Å². The number of carbonyl (C=O) groups is 2.